The molecule has 0 aliphatic heterocycles. The Morgan fingerprint density at radius 3 is 2.69 bits per heavy atom. The molecule has 0 aliphatic carbocycles. The minimum atomic E-state index is -0.522. The number of hydrogen-bond acceptors (Lipinski definition) is 5. The molecule has 6 heteroatoms. The third-order valence-electron chi connectivity index (χ3n) is 1.93. The van der Waals surface area contributed by atoms with Gasteiger partial charge in [-0.15, -0.1) is 0 Å². The summed E-state index contributed by atoms with van der Waals surface area (Å²) >= 11 is 0. The smallest absolute Gasteiger partial charge is 0.233 e. The van der Waals surface area contributed by atoms with Gasteiger partial charge in [-0.2, -0.15) is 0 Å². The topological polar surface area (TPSA) is 79.8 Å². The van der Waals surface area contributed by atoms with Crippen molar-refractivity contribution in [1.82, 2.24) is 10.6 Å². The summed E-state index contributed by atoms with van der Waals surface area (Å²) in [5, 5.41) is 14.9. The van der Waals surface area contributed by atoms with E-state index in [1.165, 1.54) is 7.11 Å². The molecule has 0 aromatic rings. The number of carbonyl (C=O) groups is 1. The number of ether oxygens (including phenoxy) is 2. The van der Waals surface area contributed by atoms with E-state index in [2.05, 4.69) is 10.6 Å². The Hall–Kier alpha value is -0.690. The Bertz CT molecular complexity index is 178. The van der Waals surface area contributed by atoms with Crippen molar-refractivity contribution < 1.29 is 19.4 Å². The molecule has 0 heterocycles. The van der Waals surface area contributed by atoms with Crippen LogP contribution in [0.2, 0.25) is 0 Å². The van der Waals surface area contributed by atoms with Gasteiger partial charge in [0.05, 0.1) is 25.9 Å². The van der Waals surface area contributed by atoms with Crippen molar-refractivity contribution in [3.63, 3.8) is 0 Å². The highest BCUT2D eigenvalue weighted by molar-refractivity contribution is 5.77. The van der Waals surface area contributed by atoms with Crippen LogP contribution in [0.25, 0.3) is 0 Å². The number of amides is 1. The second-order valence-electron chi connectivity index (χ2n) is 3.42. The molecule has 0 radical (unpaired) electrons. The van der Waals surface area contributed by atoms with Gasteiger partial charge in [-0.25, -0.2) is 0 Å². The minimum absolute atomic E-state index is 0.0827. The van der Waals surface area contributed by atoms with E-state index < -0.39 is 6.10 Å². The molecule has 0 aromatic carbocycles. The van der Waals surface area contributed by atoms with Crippen LogP contribution in [0.5, 0.6) is 0 Å². The monoisotopic (exact) mass is 234 g/mol. The lowest BCUT2D eigenvalue weighted by Gasteiger charge is -2.10. The van der Waals surface area contributed by atoms with E-state index in [4.69, 9.17) is 9.47 Å². The van der Waals surface area contributed by atoms with Crippen LogP contribution in [0.3, 0.4) is 0 Å². The number of hydrogen-bond donors (Lipinski definition) is 3. The zero-order chi connectivity index (χ0) is 12.2. The Morgan fingerprint density at radius 1 is 1.31 bits per heavy atom. The first-order valence-electron chi connectivity index (χ1n) is 5.34. The second-order valence-corrected chi connectivity index (χ2v) is 3.42. The Kier molecular flexibility index (Phi) is 10.3. The predicted molar refractivity (Wildman–Crippen MR) is 60.3 cm³/mol. The van der Waals surface area contributed by atoms with Crippen molar-refractivity contribution in [2.45, 2.75) is 12.5 Å². The lowest BCUT2D eigenvalue weighted by Crippen LogP contribution is -2.36. The zero-order valence-corrected chi connectivity index (χ0v) is 9.99. The van der Waals surface area contributed by atoms with Gasteiger partial charge in [0, 0.05) is 27.3 Å². The van der Waals surface area contributed by atoms with Crippen LogP contribution >= 0.6 is 0 Å². The number of aliphatic hydroxyl groups is 1. The van der Waals surface area contributed by atoms with Crippen LogP contribution in [0.15, 0.2) is 0 Å². The summed E-state index contributed by atoms with van der Waals surface area (Å²) in [7, 11) is 3.14. The van der Waals surface area contributed by atoms with Crippen LogP contribution in [0, 0.1) is 0 Å². The lowest BCUT2D eigenvalue weighted by atomic mass is 10.2. The molecule has 0 saturated carbocycles. The molecule has 3 N–H and O–H groups in total. The number of aliphatic hydroxyl groups excluding tert-OH is 1. The van der Waals surface area contributed by atoms with E-state index in [9.17, 15) is 9.90 Å². The Labute approximate surface area is 96.3 Å². The third kappa shape index (κ3) is 9.85. The summed E-state index contributed by atoms with van der Waals surface area (Å²) in [5.74, 6) is -0.0827. The molecule has 1 amide bonds. The van der Waals surface area contributed by atoms with Crippen LogP contribution in [0.1, 0.15) is 6.42 Å². The van der Waals surface area contributed by atoms with E-state index in [1.807, 2.05) is 0 Å². The molecule has 1 atom stereocenters. The average molecular weight is 234 g/mol. The van der Waals surface area contributed by atoms with Crippen molar-refractivity contribution in [2.24, 2.45) is 0 Å². The van der Waals surface area contributed by atoms with Gasteiger partial charge in [-0.1, -0.05) is 0 Å². The first-order chi connectivity index (χ1) is 7.70. The normalized spacial score (nSPS) is 12.4. The molecule has 6 nitrogen and oxygen atoms in total. The van der Waals surface area contributed by atoms with Gasteiger partial charge in [-0.3, -0.25) is 4.79 Å². The molecular weight excluding hydrogens is 212 g/mol. The van der Waals surface area contributed by atoms with Crippen LogP contribution in [0.4, 0.5) is 0 Å². The van der Waals surface area contributed by atoms with Gasteiger partial charge < -0.3 is 25.2 Å². The van der Waals surface area contributed by atoms with Crippen LogP contribution in [-0.2, 0) is 14.3 Å². The number of nitrogens with one attached hydrogen (secondary N) is 2. The van der Waals surface area contributed by atoms with Crippen molar-refractivity contribution in [1.29, 1.82) is 0 Å². The highest BCUT2D eigenvalue weighted by Gasteiger charge is 2.04. The van der Waals surface area contributed by atoms with Crippen molar-refractivity contribution in [3.8, 4) is 0 Å². The lowest BCUT2D eigenvalue weighted by molar-refractivity contribution is -0.120. The summed E-state index contributed by atoms with van der Waals surface area (Å²) in [6, 6.07) is 0. The first kappa shape index (κ1) is 15.3. The van der Waals surface area contributed by atoms with Gasteiger partial charge >= 0.3 is 0 Å². The molecule has 0 bridgehead atoms. The van der Waals surface area contributed by atoms with Crippen molar-refractivity contribution in [2.75, 3.05) is 47.1 Å². The first-order valence-corrected chi connectivity index (χ1v) is 5.34. The van der Waals surface area contributed by atoms with Gasteiger partial charge in [0.15, 0.2) is 0 Å². The summed E-state index contributed by atoms with van der Waals surface area (Å²) in [5.41, 5.74) is 0. The number of carbonyl (C=O) groups excluding carboxylic acids is 1. The van der Waals surface area contributed by atoms with E-state index in [0.717, 1.165) is 0 Å². The molecule has 96 valence electrons. The maximum atomic E-state index is 11.2. The van der Waals surface area contributed by atoms with Gasteiger partial charge in [0.2, 0.25) is 5.91 Å². The van der Waals surface area contributed by atoms with E-state index in [1.54, 1.807) is 7.11 Å². The second kappa shape index (κ2) is 10.8. The SMILES string of the molecule is COCCNCC(=O)NCCC(O)COC. The summed E-state index contributed by atoms with van der Waals surface area (Å²) in [6.07, 6.45) is -0.0239. The number of methoxy groups -OCH3 is 2. The van der Waals surface area contributed by atoms with Gasteiger partial charge in [0.1, 0.15) is 0 Å². The van der Waals surface area contributed by atoms with Crippen molar-refractivity contribution >= 4 is 5.91 Å². The molecule has 0 aliphatic rings. The predicted octanol–water partition coefficient (Wildman–Crippen LogP) is -1.26. The fourth-order valence-electron chi connectivity index (χ4n) is 1.09. The molecule has 0 aromatic heterocycles. The average Bonchev–Trinajstić information content (AvgIpc) is 2.25. The molecule has 16 heavy (non-hydrogen) atoms. The maximum Gasteiger partial charge on any atom is 0.233 e. The molecule has 0 saturated heterocycles. The highest BCUT2D eigenvalue weighted by atomic mass is 16.5. The maximum absolute atomic E-state index is 11.2. The molecule has 0 fully saturated rings. The summed E-state index contributed by atoms with van der Waals surface area (Å²) in [4.78, 5) is 11.2. The van der Waals surface area contributed by atoms with Crippen molar-refractivity contribution in [3.05, 3.63) is 0 Å². The summed E-state index contributed by atoms with van der Waals surface area (Å²) < 4.78 is 9.59. The summed E-state index contributed by atoms with van der Waals surface area (Å²) in [6.45, 7) is 2.25. The van der Waals surface area contributed by atoms with Gasteiger partial charge in [0.25, 0.3) is 0 Å². The minimum Gasteiger partial charge on any atom is -0.391 e. The number of rotatable bonds is 10. The largest absolute Gasteiger partial charge is 0.391 e. The van der Waals surface area contributed by atoms with E-state index >= 15 is 0 Å². The fraction of sp³-hybridized carbons (Fsp3) is 0.900. The Morgan fingerprint density at radius 2 is 2.06 bits per heavy atom. The third-order valence-corrected chi connectivity index (χ3v) is 1.93. The van der Waals surface area contributed by atoms with Crippen LogP contribution < -0.4 is 10.6 Å². The standard InChI is InChI=1S/C10H22N2O4/c1-15-6-5-11-7-10(14)12-4-3-9(13)8-16-2/h9,11,13H,3-8H2,1-2H3,(H,12,14). The molecule has 1 unspecified atom stereocenters. The molecule has 0 spiro atoms. The quantitative estimate of drug-likeness (QED) is 0.411. The van der Waals surface area contributed by atoms with E-state index in [0.29, 0.717) is 32.7 Å². The van der Waals surface area contributed by atoms with Gasteiger partial charge in [-0.05, 0) is 6.42 Å². The highest BCUT2D eigenvalue weighted by Crippen LogP contribution is 1.89. The van der Waals surface area contributed by atoms with E-state index in [-0.39, 0.29) is 12.5 Å². The fourth-order valence-corrected chi connectivity index (χ4v) is 1.09. The Balaban J connectivity index is 3.29. The molecular formula is C10H22N2O4. The van der Waals surface area contributed by atoms with Crippen LogP contribution in [-0.4, -0.2) is 64.2 Å². The zero-order valence-electron chi connectivity index (χ0n) is 9.99. The molecule has 0 rings (SSSR count).